The Balaban J connectivity index is 2.03. The zero-order valence-electron chi connectivity index (χ0n) is 15.6. The number of pyridine rings is 1. The van der Waals surface area contributed by atoms with Gasteiger partial charge in [-0.05, 0) is 37.3 Å². The monoisotopic (exact) mass is 414 g/mol. The highest BCUT2D eigenvalue weighted by molar-refractivity contribution is 7.90. The standard InChI is InChI=1S/C21H16F2N2O3S/c1-13-5-7-15(8-6-13)29(26,27)25-12-18(16-4-3-9-24-21(16)25)17-10-14(22)11-19(23)20(17)28-2/h3-12H,1-2H3. The molecule has 0 atom stereocenters. The predicted molar refractivity (Wildman–Crippen MR) is 105 cm³/mol. The fraction of sp³-hybridized carbons (Fsp3) is 0.0952. The largest absolute Gasteiger partial charge is 0.493 e. The van der Waals surface area contributed by atoms with Crippen molar-refractivity contribution in [1.82, 2.24) is 8.96 Å². The summed E-state index contributed by atoms with van der Waals surface area (Å²) in [6.45, 7) is 1.85. The van der Waals surface area contributed by atoms with E-state index in [-0.39, 0.29) is 21.9 Å². The molecule has 0 bridgehead atoms. The molecule has 0 amide bonds. The van der Waals surface area contributed by atoms with Crippen LogP contribution in [0.2, 0.25) is 0 Å². The van der Waals surface area contributed by atoms with Gasteiger partial charge in [-0.1, -0.05) is 17.7 Å². The van der Waals surface area contributed by atoms with Gasteiger partial charge in [0.15, 0.2) is 17.2 Å². The lowest BCUT2D eigenvalue weighted by molar-refractivity contribution is 0.386. The predicted octanol–water partition coefficient (Wildman–Crippen LogP) is 4.54. The molecule has 2 aromatic heterocycles. The van der Waals surface area contributed by atoms with Gasteiger partial charge in [0.05, 0.1) is 12.0 Å². The molecular weight excluding hydrogens is 398 g/mol. The van der Waals surface area contributed by atoms with Gasteiger partial charge in [0, 0.05) is 35.0 Å². The van der Waals surface area contributed by atoms with Crippen molar-refractivity contribution in [3.8, 4) is 16.9 Å². The van der Waals surface area contributed by atoms with Crippen LogP contribution >= 0.6 is 0 Å². The summed E-state index contributed by atoms with van der Waals surface area (Å²) in [5.41, 5.74) is 1.45. The van der Waals surface area contributed by atoms with Crippen molar-refractivity contribution in [3.05, 3.63) is 78.1 Å². The first-order chi connectivity index (χ1) is 13.8. The number of aryl methyl sites for hydroxylation is 1. The fourth-order valence-corrected chi connectivity index (χ4v) is 4.54. The van der Waals surface area contributed by atoms with Gasteiger partial charge in [0.2, 0.25) is 0 Å². The highest BCUT2D eigenvalue weighted by atomic mass is 32.2. The van der Waals surface area contributed by atoms with Crippen LogP contribution in [0.4, 0.5) is 8.78 Å². The molecule has 2 heterocycles. The second-order valence-corrected chi connectivity index (χ2v) is 8.31. The van der Waals surface area contributed by atoms with Crippen molar-refractivity contribution in [3.63, 3.8) is 0 Å². The molecule has 29 heavy (non-hydrogen) atoms. The maximum absolute atomic E-state index is 14.2. The Morgan fingerprint density at radius 3 is 2.45 bits per heavy atom. The van der Waals surface area contributed by atoms with Gasteiger partial charge in [0.25, 0.3) is 10.0 Å². The maximum atomic E-state index is 14.2. The number of aromatic nitrogens is 2. The SMILES string of the molecule is COc1c(F)cc(F)cc1-c1cn(S(=O)(=O)c2ccc(C)cc2)c2ncccc12. The summed E-state index contributed by atoms with van der Waals surface area (Å²) in [6.07, 6.45) is 2.76. The van der Waals surface area contributed by atoms with Crippen LogP contribution in [0.15, 0.2) is 65.8 Å². The Bertz CT molecular complexity index is 1330. The summed E-state index contributed by atoms with van der Waals surface area (Å²) in [5, 5.41) is 0.423. The van der Waals surface area contributed by atoms with E-state index in [0.29, 0.717) is 17.0 Å². The number of benzene rings is 2. The Labute approximate surface area is 166 Å². The quantitative estimate of drug-likeness (QED) is 0.492. The second-order valence-electron chi connectivity index (χ2n) is 6.50. The lowest BCUT2D eigenvalue weighted by Crippen LogP contribution is -2.12. The summed E-state index contributed by atoms with van der Waals surface area (Å²) < 4.78 is 60.8. The van der Waals surface area contributed by atoms with E-state index in [1.54, 1.807) is 24.3 Å². The average Bonchev–Trinajstić information content (AvgIpc) is 3.08. The van der Waals surface area contributed by atoms with Crippen LogP contribution in [-0.4, -0.2) is 24.5 Å². The van der Waals surface area contributed by atoms with Gasteiger partial charge in [-0.15, -0.1) is 0 Å². The third-order valence-electron chi connectivity index (χ3n) is 4.61. The summed E-state index contributed by atoms with van der Waals surface area (Å²) in [4.78, 5) is 4.27. The summed E-state index contributed by atoms with van der Waals surface area (Å²) in [6, 6.07) is 11.5. The van der Waals surface area contributed by atoms with Gasteiger partial charge in [-0.25, -0.2) is 26.2 Å². The molecule has 0 unspecified atom stereocenters. The first-order valence-electron chi connectivity index (χ1n) is 8.64. The van der Waals surface area contributed by atoms with Crippen LogP contribution < -0.4 is 4.74 Å². The van der Waals surface area contributed by atoms with Crippen LogP contribution in [-0.2, 0) is 10.0 Å². The Kier molecular flexibility index (Phi) is 4.58. The number of halogens is 2. The molecule has 2 aromatic carbocycles. The molecule has 0 aliphatic rings. The Hall–Kier alpha value is -3.26. The minimum Gasteiger partial charge on any atom is -0.493 e. The van der Waals surface area contributed by atoms with Crippen molar-refractivity contribution < 1.29 is 21.9 Å². The van der Waals surface area contributed by atoms with Crippen molar-refractivity contribution in [2.45, 2.75) is 11.8 Å². The number of methoxy groups -OCH3 is 1. The average molecular weight is 414 g/mol. The summed E-state index contributed by atoms with van der Waals surface area (Å²) in [5.74, 6) is -1.86. The van der Waals surface area contributed by atoms with E-state index in [9.17, 15) is 17.2 Å². The van der Waals surface area contributed by atoms with E-state index in [4.69, 9.17) is 4.74 Å². The van der Waals surface area contributed by atoms with Gasteiger partial charge < -0.3 is 4.74 Å². The van der Waals surface area contributed by atoms with Crippen molar-refractivity contribution in [2.75, 3.05) is 7.11 Å². The number of ether oxygens (including phenoxy) is 1. The Morgan fingerprint density at radius 1 is 1.03 bits per heavy atom. The highest BCUT2D eigenvalue weighted by Crippen LogP contribution is 2.39. The first-order valence-corrected chi connectivity index (χ1v) is 10.1. The van der Waals surface area contributed by atoms with E-state index in [0.717, 1.165) is 15.6 Å². The third kappa shape index (κ3) is 3.15. The minimum absolute atomic E-state index is 0.0783. The smallest absolute Gasteiger partial charge is 0.269 e. The van der Waals surface area contributed by atoms with Crippen LogP contribution in [0.1, 0.15) is 5.56 Å². The van der Waals surface area contributed by atoms with Crippen LogP contribution in [0, 0.1) is 18.6 Å². The molecule has 8 heteroatoms. The molecule has 5 nitrogen and oxygen atoms in total. The zero-order valence-corrected chi connectivity index (χ0v) is 16.4. The molecule has 4 rings (SSSR count). The molecule has 0 N–H and O–H groups in total. The molecule has 148 valence electrons. The van der Waals surface area contributed by atoms with E-state index in [1.165, 1.54) is 31.6 Å². The number of nitrogens with zero attached hydrogens (tertiary/aromatic N) is 2. The summed E-state index contributed by atoms with van der Waals surface area (Å²) >= 11 is 0. The van der Waals surface area contributed by atoms with Gasteiger partial charge in [-0.3, -0.25) is 0 Å². The van der Waals surface area contributed by atoms with E-state index in [1.807, 2.05) is 6.92 Å². The van der Waals surface area contributed by atoms with Gasteiger partial charge in [0.1, 0.15) is 5.82 Å². The second kappa shape index (κ2) is 6.97. The normalized spacial score (nSPS) is 11.7. The number of fused-ring (bicyclic) bond motifs is 1. The molecule has 0 saturated carbocycles. The fourth-order valence-electron chi connectivity index (χ4n) is 3.22. The number of hydrogen-bond acceptors (Lipinski definition) is 4. The lowest BCUT2D eigenvalue weighted by Gasteiger charge is -2.09. The van der Waals surface area contributed by atoms with Crippen LogP contribution in [0.5, 0.6) is 5.75 Å². The zero-order chi connectivity index (χ0) is 20.8. The number of hydrogen-bond donors (Lipinski definition) is 0. The van der Waals surface area contributed by atoms with Gasteiger partial charge in [-0.2, -0.15) is 0 Å². The molecule has 0 spiro atoms. The lowest BCUT2D eigenvalue weighted by atomic mass is 10.0. The molecule has 0 aliphatic carbocycles. The Morgan fingerprint density at radius 2 is 1.76 bits per heavy atom. The van der Waals surface area contributed by atoms with Crippen molar-refractivity contribution >= 4 is 21.1 Å². The van der Waals surface area contributed by atoms with Crippen LogP contribution in [0.3, 0.4) is 0 Å². The van der Waals surface area contributed by atoms with Crippen molar-refractivity contribution in [2.24, 2.45) is 0 Å². The molecule has 0 radical (unpaired) electrons. The molecule has 0 saturated heterocycles. The molecule has 0 aliphatic heterocycles. The molecular formula is C21H16F2N2O3S. The minimum atomic E-state index is -3.98. The first kappa shape index (κ1) is 19.1. The third-order valence-corrected chi connectivity index (χ3v) is 6.28. The molecule has 4 aromatic rings. The van der Waals surface area contributed by atoms with Crippen LogP contribution in [0.25, 0.3) is 22.2 Å². The topological polar surface area (TPSA) is 61.2 Å². The summed E-state index contributed by atoms with van der Waals surface area (Å²) in [7, 11) is -2.72. The number of rotatable bonds is 4. The van der Waals surface area contributed by atoms with E-state index >= 15 is 0 Å². The molecule has 0 fully saturated rings. The maximum Gasteiger partial charge on any atom is 0.269 e. The van der Waals surface area contributed by atoms with Gasteiger partial charge >= 0.3 is 0 Å². The highest BCUT2D eigenvalue weighted by Gasteiger charge is 2.25. The van der Waals surface area contributed by atoms with Crippen molar-refractivity contribution in [1.29, 1.82) is 0 Å². The van der Waals surface area contributed by atoms with E-state index in [2.05, 4.69) is 4.98 Å². The van der Waals surface area contributed by atoms with E-state index < -0.39 is 21.7 Å².